The van der Waals surface area contributed by atoms with Gasteiger partial charge in [-0.3, -0.25) is 5.41 Å². The number of nitriles is 1. The van der Waals surface area contributed by atoms with E-state index in [0.717, 1.165) is 5.56 Å². The second kappa shape index (κ2) is 8.19. The molecule has 0 spiro atoms. The number of nitrogens with one attached hydrogen (secondary N) is 1. The van der Waals surface area contributed by atoms with E-state index in [4.69, 9.17) is 26.6 Å². The van der Waals surface area contributed by atoms with E-state index in [0.29, 0.717) is 22.7 Å². The number of nitrogens with two attached hydrogens (primary N) is 2. The topological polar surface area (TPSA) is 126 Å². The van der Waals surface area contributed by atoms with E-state index >= 15 is 0 Å². The molecule has 5 N–H and O–H groups in total. The van der Waals surface area contributed by atoms with Crippen LogP contribution in [0.5, 0.6) is 0 Å². The molecule has 0 aliphatic heterocycles. The average molecular weight is 387 g/mol. The first-order valence-corrected chi connectivity index (χ1v) is 9.48. The van der Waals surface area contributed by atoms with E-state index in [1.54, 1.807) is 18.2 Å². The third kappa shape index (κ3) is 4.46. The zero-order valence-electron chi connectivity index (χ0n) is 16.7. The van der Waals surface area contributed by atoms with E-state index in [1.807, 2.05) is 6.07 Å². The predicted molar refractivity (Wildman–Crippen MR) is 115 cm³/mol. The summed E-state index contributed by atoms with van der Waals surface area (Å²) in [6.07, 6.45) is 6.41. The number of hydrogen-bond donors (Lipinski definition) is 3. The van der Waals surface area contributed by atoms with Gasteiger partial charge in [0.05, 0.1) is 17.8 Å². The van der Waals surface area contributed by atoms with Gasteiger partial charge in [0.2, 0.25) is 0 Å². The Kier molecular flexibility index (Phi) is 5.69. The number of rotatable bonds is 2. The minimum atomic E-state index is 0.178. The van der Waals surface area contributed by atoms with Crippen LogP contribution in [0.4, 0.5) is 11.4 Å². The molecule has 6 nitrogen and oxygen atoms in total. The summed E-state index contributed by atoms with van der Waals surface area (Å²) in [6.45, 7) is 4.54. The second-order valence-corrected chi connectivity index (χ2v) is 7.81. The maximum Gasteiger partial charge on any atom is 0.181 e. The largest absolute Gasteiger partial charge is 0.442 e. The monoisotopic (exact) mass is 387 g/mol. The summed E-state index contributed by atoms with van der Waals surface area (Å²) in [5, 5.41) is 16.7. The van der Waals surface area contributed by atoms with E-state index < -0.39 is 0 Å². The number of benzene rings is 2. The van der Waals surface area contributed by atoms with Crippen LogP contribution in [0.1, 0.15) is 54.7 Å². The zero-order valence-corrected chi connectivity index (χ0v) is 16.7. The molecule has 0 saturated carbocycles. The summed E-state index contributed by atoms with van der Waals surface area (Å²) < 4.78 is 5.01. The van der Waals surface area contributed by atoms with Crippen molar-refractivity contribution in [2.24, 2.45) is 0 Å². The summed E-state index contributed by atoms with van der Waals surface area (Å²) in [5.74, 6) is 0.368. The normalized spacial score (nSPS) is 14.1. The lowest BCUT2D eigenvalue weighted by atomic mass is 9.72. The molecule has 1 aromatic heterocycles. The predicted octanol–water partition coefficient (Wildman–Crippen LogP) is 4.43. The molecule has 0 unspecified atom stereocenters. The Labute approximate surface area is 170 Å². The Balaban J connectivity index is 0.000000166. The van der Waals surface area contributed by atoms with E-state index in [1.165, 1.54) is 43.0 Å². The summed E-state index contributed by atoms with van der Waals surface area (Å²) >= 11 is 0. The summed E-state index contributed by atoms with van der Waals surface area (Å²) in [6, 6.07) is 13.3. The smallest absolute Gasteiger partial charge is 0.181 e. The maximum absolute atomic E-state index is 8.86. The average Bonchev–Trinajstić information content (AvgIpc) is 3.24. The van der Waals surface area contributed by atoms with Crippen molar-refractivity contribution in [3.63, 3.8) is 0 Å². The van der Waals surface area contributed by atoms with Crippen molar-refractivity contribution < 1.29 is 4.42 Å². The van der Waals surface area contributed by atoms with Crippen LogP contribution >= 0.6 is 0 Å². The van der Waals surface area contributed by atoms with Gasteiger partial charge in [-0.2, -0.15) is 5.26 Å². The first kappa shape index (κ1) is 20.2. The highest BCUT2D eigenvalue weighted by Gasteiger charge is 2.27. The molecule has 0 radical (unpaired) electrons. The van der Waals surface area contributed by atoms with Crippen LogP contribution in [0.3, 0.4) is 0 Å². The van der Waals surface area contributed by atoms with Crippen LogP contribution in [0.15, 0.2) is 53.4 Å². The van der Waals surface area contributed by atoms with Gasteiger partial charge in [-0.05, 0) is 66.1 Å². The Bertz CT molecular complexity index is 1060. The van der Waals surface area contributed by atoms with Crippen molar-refractivity contribution in [3.8, 4) is 6.07 Å². The van der Waals surface area contributed by atoms with Gasteiger partial charge in [0.25, 0.3) is 0 Å². The van der Waals surface area contributed by atoms with Crippen molar-refractivity contribution >= 4 is 17.1 Å². The van der Waals surface area contributed by atoms with Gasteiger partial charge in [-0.25, -0.2) is 4.98 Å². The Morgan fingerprint density at radius 2 is 2.00 bits per heavy atom. The molecule has 1 aliphatic rings. The maximum atomic E-state index is 8.86. The van der Waals surface area contributed by atoms with Crippen LogP contribution in [-0.2, 0) is 11.8 Å². The molecule has 2 aromatic carbocycles. The molecule has 3 aromatic rings. The first-order valence-electron chi connectivity index (χ1n) is 9.48. The number of nitrogens with zero attached hydrogens (tertiary/aromatic N) is 2. The van der Waals surface area contributed by atoms with Gasteiger partial charge in [0.1, 0.15) is 5.71 Å². The second-order valence-electron chi connectivity index (χ2n) is 7.81. The third-order valence-electron chi connectivity index (χ3n) is 5.24. The van der Waals surface area contributed by atoms with Gasteiger partial charge in [-0.1, -0.05) is 19.9 Å². The van der Waals surface area contributed by atoms with Crippen molar-refractivity contribution in [3.05, 3.63) is 77.0 Å². The fraction of sp³-hybridized carbons (Fsp3) is 0.261. The minimum absolute atomic E-state index is 0.178. The molecule has 6 heteroatoms. The number of nitrogen functional groups attached to an aromatic ring is 2. The van der Waals surface area contributed by atoms with Gasteiger partial charge in [0, 0.05) is 16.9 Å². The van der Waals surface area contributed by atoms with Crippen LogP contribution in [-0.4, -0.2) is 10.7 Å². The molecule has 1 heterocycles. The van der Waals surface area contributed by atoms with Crippen molar-refractivity contribution in [2.75, 3.05) is 11.5 Å². The van der Waals surface area contributed by atoms with Gasteiger partial charge in [0.15, 0.2) is 12.2 Å². The standard InChI is InChI=1S/C13H15N.C10H10N4O/c1-13(2)7-3-4-11-6-5-10(9-14)8-12(11)13;11-6-1-2-8(12)7(3-6)10(13)9-4-14-5-15-9/h5-6,8H,3-4,7H2,1-2H3;1-5,13H,11-12H2. The molecule has 0 saturated heterocycles. The lowest BCUT2D eigenvalue weighted by molar-refractivity contribution is 0.432. The quantitative estimate of drug-likeness (QED) is 0.443. The highest BCUT2D eigenvalue weighted by Crippen LogP contribution is 2.36. The lowest BCUT2D eigenvalue weighted by Gasteiger charge is -2.32. The molecule has 0 atom stereocenters. The molecule has 0 bridgehead atoms. The van der Waals surface area contributed by atoms with Crippen molar-refractivity contribution in [1.82, 2.24) is 4.98 Å². The highest BCUT2D eigenvalue weighted by atomic mass is 16.3. The van der Waals surface area contributed by atoms with E-state index in [-0.39, 0.29) is 11.1 Å². The lowest BCUT2D eigenvalue weighted by Crippen LogP contribution is -2.23. The number of fused-ring (bicyclic) bond motifs is 1. The highest BCUT2D eigenvalue weighted by molar-refractivity contribution is 6.12. The van der Waals surface area contributed by atoms with Gasteiger partial charge >= 0.3 is 0 Å². The van der Waals surface area contributed by atoms with E-state index in [2.05, 4.69) is 37.0 Å². The molecular weight excluding hydrogens is 362 g/mol. The number of aromatic nitrogens is 1. The number of hydrogen-bond acceptors (Lipinski definition) is 6. The molecule has 0 amide bonds. The summed E-state index contributed by atoms with van der Waals surface area (Å²) in [4.78, 5) is 3.74. The first-order chi connectivity index (χ1) is 13.8. The fourth-order valence-electron chi connectivity index (χ4n) is 3.61. The Hall–Kier alpha value is -3.59. The molecule has 29 heavy (non-hydrogen) atoms. The summed E-state index contributed by atoms with van der Waals surface area (Å²) in [7, 11) is 0. The molecule has 4 rings (SSSR count). The minimum Gasteiger partial charge on any atom is -0.442 e. The molecular formula is C23H25N5O. The van der Waals surface area contributed by atoms with Crippen molar-refractivity contribution in [1.29, 1.82) is 10.7 Å². The number of oxazole rings is 1. The molecule has 0 fully saturated rings. The fourth-order valence-corrected chi connectivity index (χ4v) is 3.61. The summed E-state index contributed by atoms with van der Waals surface area (Å²) in [5.41, 5.74) is 17.0. The Morgan fingerprint density at radius 3 is 2.69 bits per heavy atom. The van der Waals surface area contributed by atoms with Crippen LogP contribution < -0.4 is 11.5 Å². The molecule has 1 aliphatic carbocycles. The molecule has 148 valence electrons. The van der Waals surface area contributed by atoms with Crippen LogP contribution in [0, 0.1) is 16.7 Å². The van der Waals surface area contributed by atoms with Crippen molar-refractivity contribution in [2.45, 2.75) is 38.5 Å². The van der Waals surface area contributed by atoms with Gasteiger partial charge < -0.3 is 15.9 Å². The Morgan fingerprint density at radius 1 is 1.21 bits per heavy atom. The van der Waals surface area contributed by atoms with Crippen LogP contribution in [0.2, 0.25) is 0 Å². The third-order valence-corrected chi connectivity index (χ3v) is 5.24. The van der Waals surface area contributed by atoms with E-state index in [9.17, 15) is 0 Å². The number of aryl methyl sites for hydroxylation is 1. The zero-order chi connectivity index (χ0) is 21.0. The SMILES string of the molecule is CC1(C)CCCc2ccc(C#N)cc21.N=C(c1cnco1)c1cc(N)ccc1N. The van der Waals surface area contributed by atoms with Crippen LogP contribution in [0.25, 0.3) is 0 Å². The van der Waals surface area contributed by atoms with Gasteiger partial charge in [-0.15, -0.1) is 0 Å². The number of anilines is 2.